The van der Waals surface area contributed by atoms with Crippen molar-refractivity contribution in [2.75, 3.05) is 156 Å². The maximum absolute atomic E-state index is 12.0. The van der Waals surface area contributed by atoms with Crippen molar-refractivity contribution in [3.05, 3.63) is 119 Å². The number of nitrogens with one attached hydrogen (secondary N) is 12. The summed E-state index contributed by atoms with van der Waals surface area (Å²) < 4.78 is 0. The van der Waals surface area contributed by atoms with E-state index in [4.69, 9.17) is 24.4 Å². The number of amides is 2. The number of thiocarbonyl (C=S) groups is 2. The number of hydrogen-bond donors (Lipinski definition) is 12. The smallest absolute Gasteiger partial charge is 0.251 e. The molecule has 0 aliphatic heterocycles. The predicted molar refractivity (Wildman–Crippen MR) is 371 cm³/mol. The van der Waals surface area contributed by atoms with Crippen LogP contribution in [0.25, 0.3) is 0 Å². The van der Waals surface area contributed by atoms with Crippen molar-refractivity contribution in [3.63, 3.8) is 0 Å². The molecule has 12 N–H and O–H groups in total. The zero-order chi connectivity index (χ0) is 62.0. The summed E-state index contributed by atoms with van der Waals surface area (Å²) in [4.78, 5) is 31.0. The van der Waals surface area contributed by atoms with Crippen LogP contribution in [0.3, 0.4) is 0 Å². The summed E-state index contributed by atoms with van der Waals surface area (Å²) in [6, 6.07) is 32.2. The second-order valence-corrected chi connectivity index (χ2v) is 23.9. The molecule has 0 bridgehead atoms. The highest BCUT2D eigenvalue weighted by Gasteiger charge is 2.08. The summed E-state index contributed by atoms with van der Waals surface area (Å²) in [6.45, 7) is 20.2. The van der Waals surface area contributed by atoms with Crippen LogP contribution in [0.5, 0.6) is 0 Å². The van der Waals surface area contributed by atoms with Crippen LogP contribution in [0.15, 0.2) is 97.1 Å². The van der Waals surface area contributed by atoms with Gasteiger partial charge in [0.2, 0.25) is 0 Å². The summed E-state index contributed by atoms with van der Waals surface area (Å²) in [7, 11) is 16.9. The monoisotopic (exact) mass is 1200 g/mol. The lowest BCUT2D eigenvalue weighted by Crippen LogP contribution is -3.06. The quantitative estimate of drug-likeness (QED) is 0.0162. The van der Waals surface area contributed by atoms with E-state index in [9.17, 15) is 9.59 Å². The second kappa shape index (κ2) is 50.9. The number of unbranched alkanes of at least 4 members (excludes halogenated alkanes) is 12. The van der Waals surface area contributed by atoms with Crippen LogP contribution in [-0.2, 0) is 0 Å². The lowest BCUT2D eigenvalue weighted by molar-refractivity contribution is -0.856. The Labute approximate surface area is 522 Å². The third-order valence-electron chi connectivity index (χ3n) is 13.7. The Kier molecular flexibility index (Phi) is 46.5. The van der Waals surface area contributed by atoms with Crippen LogP contribution in [0.1, 0.15) is 162 Å². The molecule has 0 aliphatic rings. The topological polar surface area (TPSA) is 148 Å². The standard InChI is InChI=1S/C19H33N3O.C19H33N3S.C15H25N3O.C15H25N3S/c2*1-4-5-6-7-8-9-14-20-18-12-10-17(11-13-18)19(23)21-15-16-22(2)3;2*1-4-5-10-16-14-8-6-13(7-9-14)15(19)17-11-12-18(2)3/h2*10-13,20H,4-9,14-16H2,1-3H3,(H,21,23);2*6-9,16H,4-5,10-12H2,1-3H3,(H,17,19)/p+4. The van der Waals surface area contributed by atoms with Gasteiger partial charge in [0.25, 0.3) is 11.8 Å². The molecule has 14 nitrogen and oxygen atoms in total. The summed E-state index contributed by atoms with van der Waals surface area (Å²) in [5.41, 5.74) is 8.14. The number of carbonyl (C=O) groups excluding carboxylic acids is 2. The molecule has 0 aliphatic carbocycles. The number of rotatable bonds is 40. The Hall–Kier alpha value is -5.36. The number of quaternary nitrogens is 4. The Balaban J connectivity index is 0.000000562. The fourth-order valence-corrected chi connectivity index (χ4v) is 8.64. The molecule has 84 heavy (non-hydrogen) atoms. The second-order valence-electron chi connectivity index (χ2n) is 23.1. The maximum Gasteiger partial charge on any atom is 0.251 e. The molecule has 4 rings (SSSR count). The molecule has 4 aromatic rings. The fourth-order valence-electron chi connectivity index (χ4n) is 8.17. The molecule has 472 valence electrons. The number of benzene rings is 4. The maximum atomic E-state index is 12.0. The Morgan fingerprint density at radius 2 is 0.524 bits per heavy atom. The summed E-state index contributed by atoms with van der Waals surface area (Å²) >= 11 is 10.8. The van der Waals surface area contributed by atoms with Crippen molar-refractivity contribution in [1.29, 1.82) is 0 Å². The van der Waals surface area contributed by atoms with Gasteiger partial charge in [-0.1, -0.05) is 129 Å². The average Bonchev–Trinajstić information content (AvgIpc) is 3.63. The van der Waals surface area contributed by atoms with E-state index in [1.165, 1.54) is 122 Å². The largest absolute Gasteiger partial charge is 0.385 e. The minimum atomic E-state index is 0.00126. The minimum Gasteiger partial charge on any atom is -0.385 e. The highest BCUT2D eigenvalue weighted by Crippen LogP contribution is 2.14. The molecule has 0 aromatic heterocycles. The molecule has 16 heteroatoms. The van der Waals surface area contributed by atoms with Crippen LogP contribution < -0.4 is 62.1 Å². The number of anilines is 4. The van der Waals surface area contributed by atoms with Gasteiger partial charge in [0.15, 0.2) is 0 Å². The first-order valence-corrected chi connectivity index (χ1v) is 33.0. The van der Waals surface area contributed by atoms with Crippen molar-refractivity contribution in [1.82, 2.24) is 21.3 Å². The van der Waals surface area contributed by atoms with Crippen molar-refractivity contribution < 1.29 is 29.2 Å². The van der Waals surface area contributed by atoms with Crippen molar-refractivity contribution >= 4 is 69.0 Å². The molecule has 2 amide bonds. The lowest BCUT2D eigenvalue weighted by atomic mass is 10.1. The fraction of sp³-hybridized carbons (Fsp3) is 0.588. The normalized spacial score (nSPS) is 10.7. The van der Waals surface area contributed by atoms with Crippen LogP contribution in [0.4, 0.5) is 22.7 Å². The van der Waals surface area contributed by atoms with E-state index in [2.05, 4.69) is 175 Å². The van der Waals surface area contributed by atoms with Crippen molar-refractivity contribution in [3.8, 4) is 0 Å². The van der Waals surface area contributed by atoms with Crippen molar-refractivity contribution in [2.45, 2.75) is 130 Å². The molecule has 0 atom stereocenters. The van der Waals surface area contributed by atoms with Gasteiger partial charge in [-0.15, -0.1) is 0 Å². The van der Waals surface area contributed by atoms with Gasteiger partial charge >= 0.3 is 0 Å². The van der Waals surface area contributed by atoms with E-state index in [1.54, 1.807) is 0 Å². The van der Waals surface area contributed by atoms with Gasteiger partial charge in [-0.3, -0.25) is 9.59 Å². The molecule has 0 saturated carbocycles. The van der Waals surface area contributed by atoms with Gasteiger partial charge < -0.3 is 62.1 Å². The zero-order valence-corrected chi connectivity index (χ0v) is 56.3. The van der Waals surface area contributed by atoms with Gasteiger partial charge in [0.05, 0.1) is 109 Å². The van der Waals surface area contributed by atoms with Gasteiger partial charge in [-0.05, 0) is 123 Å². The molecule has 0 saturated heterocycles. The summed E-state index contributed by atoms with van der Waals surface area (Å²) in [5.74, 6) is 0.00934. The third-order valence-corrected chi connectivity index (χ3v) is 14.4. The van der Waals surface area contributed by atoms with E-state index in [0.717, 1.165) is 121 Å². The Bertz CT molecular complexity index is 2090. The minimum absolute atomic E-state index is 0.00126. The molecule has 4 aromatic carbocycles. The molecular weight excluding hydrogens is 1080 g/mol. The molecule has 0 fully saturated rings. The van der Waals surface area contributed by atoms with Gasteiger partial charge in [0.1, 0.15) is 9.98 Å². The lowest BCUT2D eigenvalue weighted by Gasteiger charge is -2.11. The number of carbonyl (C=O) groups is 2. The highest BCUT2D eigenvalue weighted by atomic mass is 32.1. The summed E-state index contributed by atoms with van der Waals surface area (Å²) in [6.07, 6.45) is 20.6. The van der Waals surface area contributed by atoms with Crippen molar-refractivity contribution in [2.24, 2.45) is 0 Å². The first-order valence-electron chi connectivity index (χ1n) is 32.2. The Morgan fingerprint density at radius 3 is 0.786 bits per heavy atom. The van der Waals surface area contributed by atoms with Crippen LogP contribution in [0, 0.1) is 0 Å². The first-order chi connectivity index (χ1) is 40.5. The SMILES string of the molecule is CCCCCCCCNc1ccc(C(=O)NCC[NH+](C)C)cc1.CCCCCCCCNc1ccc(C(=S)NCC[NH+](C)C)cc1.CCCCNc1ccc(C(=O)NCC[NH+](C)C)cc1.CCCCNc1ccc(C(=S)NCC[NH+](C)C)cc1. The van der Waals surface area contributed by atoms with Crippen LogP contribution >= 0.6 is 24.4 Å². The van der Waals surface area contributed by atoms with E-state index in [0.29, 0.717) is 13.1 Å². The summed E-state index contributed by atoms with van der Waals surface area (Å²) in [5, 5.41) is 26.1. The highest BCUT2D eigenvalue weighted by molar-refractivity contribution is 7.81. The molecule has 0 unspecified atom stereocenters. The van der Waals surface area contributed by atoms with E-state index < -0.39 is 0 Å². The van der Waals surface area contributed by atoms with Crippen LogP contribution in [0.2, 0.25) is 0 Å². The van der Waals surface area contributed by atoms with E-state index >= 15 is 0 Å². The average molecular weight is 1200 g/mol. The molecule has 0 heterocycles. The third kappa shape index (κ3) is 41.6. The van der Waals surface area contributed by atoms with Gasteiger partial charge in [0, 0.05) is 71.2 Å². The molecule has 0 spiro atoms. The zero-order valence-electron chi connectivity index (χ0n) is 54.7. The number of likely N-dealkylation sites (N-methyl/N-ethyl adjacent to an activating group) is 4. The Morgan fingerprint density at radius 1 is 0.298 bits per heavy atom. The van der Waals surface area contributed by atoms with E-state index in [-0.39, 0.29) is 11.8 Å². The molecule has 0 radical (unpaired) electrons. The number of hydrogen-bond acceptors (Lipinski definition) is 8. The van der Waals surface area contributed by atoms with Crippen LogP contribution in [-0.4, -0.2) is 157 Å². The first kappa shape index (κ1) is 76.7. The van der Waals surface area contributed by atoms with E-state index in [1.807, 2.05) is 48.5 Å². The molecular formula is C68H120N12O2S2+4. The van der Waals surface area contributed by atoms with Gasteiger partial charge in [-0.25, -0.2) is 0 Å². The van der Waals surface area contributed by atoms with Gasteiger partial charge in [-0.2, -0.15) is 0 Å². The predicted octanol–water partition coefficient (Wildman–Crippen LogP) is 7.28.